The average molecular weight is 253 g/mol. The van der Waals surface area contributed by atoms with Crippen LogP contribution in [-0.2, 0) is 0 Å². The predicted octanol–water partition coefficient (Wildman–Crippen LogP) is 3.36. The molecule has 0 amide bonds. The number of hydrogen-bond donors (Lipinski definition) is 1. The molecule has 0 aliphatic carbocycles. The Morgan fingerprint density at radius 1 is 1.21 bits per heavy atom. The Hall–Kier alpha value is -2.80. The summed E-state index contributed by atoms with van der Waals surface area (Å²) >= 11 is 0. The van der Waals surface area contributed by atoms with Gasteiger partial charge >= 0.3 is 5.97 Å². The summed E-state index contributed by atoms with van der Waals surface area (Å²) in [7, 11) is 0. The summed E-state index contributed by atoms with van der Waals surface area (Å²) in [6, 6.07) is 13.4. The maximum Gasteiger partial charge on any atom is 0.335 e. The van der Waals surface area contributed by atoms with E-state index in [9.17, 15) is 4.79 Å². The highest BCUT2D eigenvalue weighted by atomic mass is 16.5. The summed E-state index contributed by atoms with van der Waals surface area (Å²) < 4.78 is 5.64. The molecule has 0 bridgehead atoms. The van der Waals surface area contributed by atoms with Crippen molar-refractivity contribution in [2.24, 2.45) is 0 Å². The van der Waals surface area contributed by atoms with Crippen molar-refractivity contribution in [2.75, 3.05) is 0 Å². The number of nitriles is 1. The van der Waals surface area contributed by atoms with Gasteiger partial charge in [0.1, 0.15) is 11.5 Å². The van der Waals surface area contributed by atoms with Crippen LogP contribution in [0.4, 0.5) is 0 Å². The van der Waals surface area contributed by atoms with Gasteiger partial charge in [-0.2, -0.15) is 5.26 Å². The molecule has 19 heavy (non-hydrogen) atoms. The third-order valence-corrected chi connectivity index (χ3v) is 2.63. The molecule has 1 N–H and O–H groups in total. The predicted molar refractivity (Wildman–Crippen MR) is 69.4 cm³/mol. The van der Waals surface area contributed by atoms with E-state index in [4.69, 9.17) is 15.1 Å². The molecule has 0 aliphatic rings. The van der Waals surface area contributed by atoms with Gasteiger partial charge in [0.05, 0.1) is 17.2 Å². The van der Waals surface area contributed by atoms with Gasteiger partial charge in [-0.15, -0.1) is 0 Å². The first-order valence-electron chi connectivity index (χ1n) is 5.62. The molecule has 2 aromatic carbocycles. The molecule has 0 saturated heterocycles. The molecule has 0 aliphatic heterocycles. The summed E-state index contributed by atoms with van der Waals surface area (Å²) in [5.41, 5.74) is 1.53. The van der Waals surface area contributed by atoms with Gasteiger partial charge in [-0.25, -0.2) is 4.79 Å². The summed E-state index contributed by atoms with van der Waals surface area (Å²) in [5.74, 6) is 0.230. The number of benzene rings is 2. The van der Waals surface area contributed by atoms with Crippen LogP contribution in [0.5, 0.6) is 11.5 Å². The molecule has 0 saturated carbocycles. The van der Waals surface area contributed by atoms with Crippen molar-refractivity contribution in [3.05, 3.63) is 59.2 Å². The topological polar surface area (TPSA) is 70.3 Å². The van der Waals surface area contributed by atoms with Crippen molar-refractivity contribution in [3.8, 4) is 17.6 Å². The second-order valence-corrected chi connectivity index (χ2v) is 4.02. The second kappa shape index (κ2) is 5.23. The highest BCUT2D eigenvalue weighted by Crippen LogP contribution is 2.25. The normalized spacial score (nSPS) is 9.68. The van der Waals surface area contributed by atoms with Crippen LogP contribution in [-0.4, -0.2) is 11.1 Å². The van der Waals surface area contributed by atoms with Crippen LogP contribution < -0.4 is 4.74 Å². The molecule has 4 heteroatoms. The summed E-state index contributed by atoms with van der Waals surface area (Å²) in [6.45, 7) is 1.78. The third kappa shape index (κ3) is 2.90. The largest absolute Gasteiger partial charge is 0.478 e. The van der Waals surface area contributed by atoms with Crippen LogP contribution in [0.1, 0.15) is 21.5 Å². The van der Waals surface area contributed by atoms with E-state index in [0.29, 0.717) is 17.1 Å². The van der Waals surface area contributed by atoms with Crippen LogP contribution >= 0.6 is 0 Å². The van der Waals surface area contributed by atoms with Crippen LogP contribution in [0.2, 0.25) is 0 Å². The van der Waals surface area contributed by atoms with Crippen molar-refractivity contribution in [1.82, 2.24) is 0 Å². The van der Waals surface area contributed by atoms with Gasteiger partial charge in [-0.05, 0) is 55.0 Å². The smallest absolute Gasteiger partial charge is 0.335 e. The van der Waals surface area contributed by atoms with Gasteiger partial charge in [0.2, 0.25) is 0 Å². The quantitative estimate of drug-likeness (QED) is 0.910. The fourth-order valence-corrected chi connectivity index (χ4v) is 1.62. The van der Waals surface area contributed by atoms with Crippen molar-refractivity contribution in [1.29, 1.82) is 5.26 Å². The number of rotatable bonds is 3. The standard InChI is InChI=1S/C15H11NO3/c1-10-8-12(15(17)18)4-7-14(10)19-13-5-2-11(9-16)3-6-13/h2-8H,1H3,(H,17,18). The minimum Gasteiger partial charge on any atom is -0.478 e. The molecular weight excluding hydrogens is 242 g/mol. The molecule has 0 radical (unpaired) electrons. The minimum atomic E-state index is -0.965. The Bertz CT molecular complexity index is 654. The first-order valence-corrected chi connectivity index (χ1v) is 5.62. The molecule has 94 valence electrons. The lowest BCUT2D eigenvalue weighted by Crippen LogP contribution is -1.97. The highest BCUT2D eigenvalue weighted by Gasteiger charge is 2.07. The Balaban J connectivity index is 2.23. The molecule has 0 aromatic heterocycles. The molecule has 2 aromatic rings. The lowest BCUT2D eigenvalue weighted by atomic mass is 10.1. The van der Waals surface area contributed by atoms with Crippen LogP contribution in [0, 0.1) is 18.3 Å². The summed E-state index contributed by atoms with van der Waals surface area (Å²) in [5, 5.41) is 17.6. The zero-order valence-electron chi connectivity index (χ0n) is 10.3. The third-order valence-electron chi connectivity index (χ3n) is 2.63. The molecule has 0 spiro atoms. The van der Waals surface area contributed by atoms with E-state index < -0.39 is 5.97 Å². The Morgan fingerprint density at radius 2 is 1.89 bits per heavy atom. The fourth-order valence-electron chi connectivity index (χ4n) is 1.62. The van der Waals surface area contributed by atoms with Crippen LogP contribution in [0.15, 0.2) is 42.5 Å². The first-order chi connectivity index (χ1) is 9.10. The van der Waals surface area contributed by atoms with Crippen molar-refractivity contribution in [3.63, 3.8) is 0 Å². The molecule has 0 unspecified atom stereocenters. The number of ether oxygens (including phenoxy) is 1. The van der Waals surface area contributed by atoms with Crippen molar-refractivity contribution in [2.45, 2.75) is 6.92 Å². The Labute approximate surface area is 110 Å². The van der Waals surface area contributed by atoms with E-state index in [1.54, 1.807) is 43.3 Å². The molecule has 0 atom stereocenters. The van der Waals surface area contributed by atoms with E-state index >= 15 is 0 Å². The number of hydrogen-bond acceptors (Lipinski definition) is 3. The first kappa shape index (κ1) is 12.7. The fraction of sp³-hybridized carbons (Fsp3) is 0.0667. The van der Waals surface area contributed by atoms with E-state index in [-0.39, 0.29) is 5.56 Å². The number of nitrogens with zero attached hydrogens (tertiary/aromatic N) is 1. The van der Waals surface area contributed by atoms with Crippen molar-refractivity contribution < 1.29 is 14.6 Å². The average Bonchev–Trinajstić information content (AvgIpc) is 2.41. The maximum absolute atomic E-state index is 10.8. The molecule has 0 fully saturated rings. The SMILES string of the molecule is Cc1cc(C(=O)O)ccc1Oc1ccc(C#N)cc1. The van der Waals surface area contributed by atoms with Gasteiger partial charge in [-0.3, -0.25) is 0 Å². The number of carboxylic acid groups (broad SMARTS) is 1. The van der Waals surface area contributed by atoms with E-state index in [2.05, 4.69) is 0 Å². The van der Waals surface area contributed by atoms with Gasteiger partial charge < -0.3 is 9.84 Å². The number of aromatic carboxylic acids is 1. The minimum absolute atomic E-state index is 0.227. The van der Waals surface area contributed by atoms with E-state index in [1.165, 1.54) is 6.07 Å². The molecule has 2 rings (SSSR count). The zero-order valence-corrected chi connectivity index (χ0v) is 10.3. The van der Waals surface area contributed by atoms with E-state index in [1.807, 2.05) is 6.07 Å². The summed E-state index contributed by atoms with van der Waals surface area (Å²) in [4.78, 5) is 10.8. The Morgan fingerprint density at radius 3 is 2.42 bits per heavy atom. The summed E-state index contributed by atoms with van der Waals surface area (Å²) in [6.07, 6.45) is 0. The van der Waals surface area contributed by atoms with Crippen molar-refractivity contribution >= 4 is 5.97 Å². The van der Waals surface area contributed by atoms with E-state index in [0.717, 1.165) is 5.56 Å². The second-order valence-electron chi connectivity index (χ2n) is 4.02. The Kier molecular flexibility index (Phi) is 3.48. The lowest BCUT2D eigenvalue weighted by Gasteiger charge is -2.09. The van der Waals surface area contributed by atoms with Gasteiger partial charge in [0.15, 0.2) is 0 Å². The monoisotopic (exact) mass is 253 g/mol. The number of aryl methyl sites for hydroxylation is 1. The van der Waals surface area contributed by atoms with Crippen LogP contribution in [0.3, 0.4) is 0 Å². The number of carbonyl (C=O) groups is 1. The molecule has 4 nitrogen and oxygen atoms in total. The maximum atomic E-state index is 10.8. The van der Waals surface area contributed by atoms with Crippen LogP contribution in [0.25, 0.3) is 0 Å². The number of carboxylic acids is 1. The zero-order chi connectivity index (χ0) is 13.8. The molecular formula is C15H11NO3. The van der Waals surface area contributed by atoms with Gasteiger partial charge in [0, 0.05) is 0 Å². The van der Waals surface area contributed by atoms with Gasteiger partial charge in [0.25, 0.3) is 0 Å². The molecule has 0 heterocycles. The lowest BCUT2D eigenvalue weighted by molar-refractivity contribution is 0.0697. The highest BCUT2D eigenvalue weighted by molar-refractivity contribution is 5.88. The van der Waals surface area contributed by atoms with Gasteiger partial charge in [-0.1, -0.05) is 0 Å².